The van der Waals surface area contributed by atoms with E-state index in [0.29, 0.717) is 17.9 Å². The van der Waals surface area contributed by atoms with Crippen LogP contribution in [-0.2, 0) is 4.79 Å². The number of hydrogen-bond acceptors (Lipinski definition) is 4. The van der Waals surface area contributed by atoms with Gasteiger partial charge < -0.3 is 5.32 Å². The second kappa shape index (κ2) is 6.66. The molecule has 3 heterocycles. The van der Waals surface area contributed by atoms with E-state index < -0.39 is 0 Å². The highest BCUT2D eigenvalue weighted by Crippen LogP contribution is 2.24. The summed E-state index contributed by atoms with van der Waals surface area (Å²) in [4.78, 5) is 16.5. The lowest BCUT2D eigenvalue weighted by Crippen LogP contribution is -2.14. The van der Waals surface area contributed by atoms with Crippen LogP contribution in [0.3, 0.4) is 0 Å². The zero-order chi connectivity index (χ0) is 17.1. The molecular weight excluding hydrogens is 304 g/mol. The molecule has 2 N–H and O–H groups in total. The van der Waals surface area contributed by atoms with E-state index >= 15 is 0 Å². The Hall–Kier alpha value is -2.96. The van der Waals surface area contributed by atoms with E-state index in [-0.39, 0.29) is 11.8 Å². The van der Waals surface area contributed by atoms with E-state index in [1.165, 1.54) is 0 Å². The van der Waals surface area contributed by atoms with Crippen molar-refractivity contribution in [1.29, 1.82) is 0 Å². The van der Waals surface area contributed by atoms with Gasteiger partial charge >= 0.3 is 0 Å². The number of carbonyl (C=O) groups excluding carboxylic acids is 1. The molecule has 124 valence electrons. The van der Waals surface area contributed by atoms with Crippen LogP contribution in [0.2, 0.25) is 0 Å². The van der Waals surface area contributed by atoms with Gasteiger partial charge in [-0.25, -0.2) is 9.67 Å². The van der Waals surface area contributed by atoms with Crippen molar-refractivity contribution in [2.75, 3.05) is 5.32 Å². The second-order valence-corrected chi connectivity index (χ2v) is 5.86. The molecule has 0 fully saturated rings. The Balaban J connectivity index is 1.64. The summed E-state index contributed by atoms with van der Waals surface area (Å²) in [6.45, 7) is 5.95. The van der Waals surface area contributed by atoms with E-state index in [9.17, 15) is 4.79 Å². The van der Waals surface area contributed by atoms with Gasteiger partial charge in [0.25, 0.3) is 0 Å². The Morgan fingerprint density at radius 1 is 1.38 bits per heavy atom. The predicted octanol–water partition coefficient (Wildman–Crippen LogP) is 2.74. The van der Waals surface area contributed by atoms with Crippen molar-refractivity contribution < 1.29 is 4.79 Å². The van der Waals surface area contributed by atoms with Crippen LogP contribution in [-0.4, -0.2) is 30.9 Å². The minimum atomic E-state index is -0.0527. The number of anilines is 1. The summed E-state index contributed by atoms with van der Waals surface area (Å²) in [5.41, 5.74) is 3.71. The summed E-state index contributed by atoms with van der Waals surface area (Å²) in [5.74, 6) is 0.744. The molecule has 0 saturated heterocycles. The van der Waals surface area contributed by atoms with E-state index in [4.69, 9.17) is 0 Å². The summed E-state index contributed by atoms with van der Waals surface area (Å²) in [5, 5.41) is 14.3. The number of hydrogen-bond donors (Lipinski definition) is 2. The normalized spacial score (nSPS) is 12.1. The van der Waals surface area contributed by atoms with Gasteiger partial charge in [0.2, 0.25) is 5.91 Å². The van der Waals surface area contributed by atoms with E-state index in [1.807, 2.05) is 39.0 Å². The fraction of sp³-hybridized carbons (Fsp3) is 0.294. The number of aryl methyl sites for hydroxylation is 2. The minimum absolute atomic E-state index is 0.0527. The van der Waals surface area contributed by atoms with Gasteiger partial charge in [0.15, 0.2) is 5.82 Å². The number of pyridine rings is 1. The molecule has 0 spiro atoms. The summed E-state index contributed by atoms with van der Waals surface area (Å²) in [6, 6.07) is 5.58. The van der Waals surface area contributed by atoms with Crippen LogP contribution in [0.5, 0.6) is 0 Å². The number of nitrogens with one attached hydrogen (secondary N) is 2. The van der Waals surface area contributed by atoms with Gasteiger partial charge in [0.05, 0.1) is 23.8 Å². The zero-order valence-corrected chi connectivity index (χ0v) is 13.9. The fourth-order valence-corrected chi connectivity index (χ4v) is 2.88. The van der Waals surface area contributed by atoms with Crippen LogP contribution in [0.15, 0.2) is 36.8 Å². The average Bonchev–Trinajstić information content (AvgIpc) is 3.15. The fourth-order valence-electron chi connectivity index (χ4n) is 2.88. The Labute approximate surface area is 140 Å². The van der Waals surface area contributed by atoms with Crippen LogP contribution in [0.4, 0.5) is 5.69 Å². The molecule has 1 atom stereocenters. The number of amides is 1. The lowest BCUT2D eigenvalue weighted by Gasteiger charge is -2.11. The van der Waals surface area contributed by atoms with Crippen molar-refractivity contribution >= 4 is 11.6 Å². The molecule has 3 aromatic heterocycles. The van der Waals surface area contributed by atoms with Crippen molar-refractivity contribution in [2.45, 2.75) is 33.1 Å². The zero-order valence-electron chi connectivity index (χ0n) is 13.9. The van der Waals surface area contributed by atoms with Gasteiger partial charge in [0.1, 0.15) is 0 Å². The number of carbonyl (C=O) groups is 1. The van der Waals surface area contributed by atoms with Crippen LogP contribution < -0.4 is 5.32 Å². The molecule has 24 heavy (non-hydrogen) atoms. The number of aromatic amines is 1. The van der Waals surface area contributed by atoms with Crippen molar-refractivity contribution in [3.63, 3.8) is 0 Å². The Bertz CT molecular complexity index is 816. The maximum Gasteiger partial charge on any atom is 0.225 e. The SMILES string of the molecule is Cc1n[nH]c(C)c1[C@H](C)CC(=O)Nc1cnn(-c2ccccn2)c1. The number of rotatable bonds is 5. The first-order valence-corrected chi connectivity index (χ1v) is 7.82. The minimum Gasteiger partial charge on any atom is -0.323 e. The largest absolute Gasteiger partial charge is 0.323 e. The molecular formula is C17H20N6O. The van der Waals surface area contributed by atoms with Crippen LogP contribution in [0, 0.1) is 13.8 Å². The molecule has 3 rings (SSSR count). The maximum absolute atomic E-state index is 12.3. The first-order chi connectivity index (χ1) is 11.5. The molecule has 0 aliphatic heterocycles. The molecule has 0 bridgehead atoms. The molecule has 1 amide bonds. The van der Waals surface area contributed by atoms with Crippen molar-refractivity contribution in [1.82, 2.24) is 25.0 Å². The third-order valence-corrected chi connectivity index (χ3v) is 3.92. The molecule has 7 heteroatoms. The molecule has 3 aromatic rings. The molecule has 7 nitrogen and oxygen atoms in total. The maximum atomic E-state index is 12.3. The third-order valence-electron chi connectivity index (χ3n) is 3.92. The predicted molar refractivity (Wildman–Crippen MR) is 91.1 cm³/mol. The molecule has 0 aliphatic rings. The lowest BCUT2D eigenvalue weighted by molar-refractivity contribution is -0.116. The summed E-state index contributed by atoms with van der Waals surface area (Å²) in [6.07, 6.45) is 5.45. The highest BCUT2D eigenvalue weighted by atomic mass is 16.1. The van der Waals surface area contributed by atoms with E-state index in [1.54, 1.807) is 23.3 Å². The molecule has 0 radical (unpaired) electrons. The van der Waals surface area contributed by atoms with Gasteiger partial charge in [-0.05, 0) is 37.5 Å². The van der Waals surface area contributed by atoms with Crippen molar-refractivity contribution in [3.8, 4) is 5.82 Å². The number of H-pyrrole nitrogens is 1. The Kier molecular flexibility index (Phi) is 4.41. The Morgan fingerprint density at radius 2 is 2.21 bits per heavy atom. The molecule has 0 aliphatic carbocycles. The molecule has 0 saturated carbocycles. The smallest absolute Gasteiger partial charge is 0.225 e. The highest BCUT2D eigenvalue weighted by Gasteiger charge is 2.18. The average molecular weight is 324 g/mol. The van der Waals surface area contributed by atoms with Crippen LogP contribution >= 0.6 is 0 Å². The number of aromatic nitrogens is 5. The van der Waals surface area contributed by atoms with Crippen molar-refractivity contribution in [2.24, 2.45) is 0 Å². The van der Waals surface area contributed by atoms with Gasteiger partial charge in [-0.3, -0.25) is 9.89 Å². The highest BCUT2D eigenvalue weighted by molar-refractivity contribution is 5.91. The van der Waals surface area contributed by atoms with Gasteiger partial charge in [-0.1, -0.05) is 13.0 Å². The lowest BCUT2D eigenvalue weighted by atomic mass is 9.95. The first-order valence-electron chi connectivity index (χ1n) is 7.82. The Morgan fingerprint density at radius 3 is 2.88 bits per heavy atom. The summed E-state index contributed by atoms with van der Waals surface area (Å²) < 4.78 is 1.63. The van der Waals surface area contributed by atoms with Crippen LogP contribution in [0.1, 0.15) is 36.2 Å². The van der Waals surface area contributed by atoms with E-state index in [0.717, 1.165) is 17.0 Å². The first kappa shape index (κ1) is 15.9. The third kappa shape index (κ3) is 3.34. The summed E-state index contributed by atoms with van der Waals surface area (Å²) >= 11 is 0. The van der Waals surface area contributed by atoms with Gasteiger partial charge in [0, 0.05) is 18.3 Å². The summed E-state index contributed by atoms with van der Waals surface area (Å²) in [7, 11) is 0. The van der Waals surface area contributed by atoms with E-state index in [2.05, 4.69) is 25.6 Å². The monoisotopic (exact) mass is 324 g/mol. The van der Waals surface area contributed by atoms with Gasteiger partial charge in [-0.2, -0.15) is 10.2 Å². The molecule has 0 aromatic carbocycles. The topological polar surface area (TPSA) is 88.5 Å². The van der Waals surface area contributed by atoms with Crippen molar-refractivity contribution in [3.05, 3.63) is 53.7 Å². The standard InChI is InChI=1S/C17H20N6O/c1-11(17-12(2)21-22-13(17)3)8-16(24)20-14-9-19-23(10-14)15-6-4-5-7-18-15/h4-7,9-11H,8H2,1-3H3,(H,20,24)(H,21,22)/t11-/m1/s1. The quantitative estimate of drug-likeness (QED) is 0.755. The molecule has 0 unspecified atom stereocenters. The number of nitrogens with zero attached hydrogens (tertiary/aromatic N) is 4. The van der Waals surface area contributed by atoms with Crippen LogP contribution in [0.25, 0.3) is 5.82 Å². The van der Waals surface area contributed by atoms with Gasteiger partial charge in [-0.15, -0.1) is 0 Å². The second-order valence-electron chi connectivity index (χ2n) is 5.86.